The fourth-order valence-electron chi connectivity index (χ4n) is 4.34. The minimum absolute atomic E-state index is 0.328. The predicted molar refractivity (Wildman–Crippen MR) is 130 cm³/mol. The summed E-state index contributed by atoms with van der Waals surface area (Å²) < 4.78 is 46.1. The molecule has 1 aliphatic heterocycles. The number of aromatic nitrogens is 3. The molecule has 1 N–H and O–H groups in total. The molecule has 0 atom stereocenters. The van der Waals surface area contributed by atoms with Gasteiger partial charge >= 0.3 is 12.4 Å². The molecular formula is C25H23F3N6O3. The van der Waals surface area contributed by atoms with E-state index in [1.54, 1.807) is 24.5 Å². The summed E-state index contributed by atoms with van der Waals surface area (Å²) in [6.07, 6.45) is 1.26. The Labute approximate surface area is 210 Å². The molecule has 37 heavy (non-hydrogen) atoms. The number of carbonyl (C=O) groups is 1. The lowest BCUT2D eigenvalue weighted by Gasteiger charge is -2.35. The Morgan fingerprint density at radius 1 is 1.03 bits per heavy atom. The van der Waals surface area contributed by atoms with Gasteiger partial charge in [-0.3, -0.25) is 0 Å². The first-order valence-corrected chi connectivity index (χ1v) is 11.5. The largest absolute Gasteiger partial charge is 0.573 e. The molecule has 0 unspecified atom stereocenters. The number of fused-ring (bicyclic) bond motifs is 1. The number of hydrogen-bond donors (Lipinski definition) is 1. The van der Waals surface area contributed by atoms with Gasteiger partial charge in [-0.05, 0) is 47.5 Å². The number of amides is 2. The van der Waals surface area contributed by atoms with Crippen molar-refractivity contribution in [1.29, 1.82) is 0 Å². The number of benzene rings is 1. The van der Waals surface area contributed by atoms with E-state index in [4.69, 9.17) is 4.74 Å². The highest BCUT2D eigenvalue weighted by atomic mass is 19.4. The molecule has 1 aromatic carbocycles. The third-order valence-corrected chi connectivity index (χ3v) is 6.14. The zero-order chi connectivity index (χ0) is 26.0. The van der Waals surface area contributed by atoms with Crippen molar-refractivity contribution in [2.75, 3.05) is 43.5 Å². The second-order valence-electron chi connectivity index (χ2n) is 8.47. The van der Waals surface area contributed by atoms with Gasteiger partial charge in [0, 0.05) is 56.1 Å². The average Bonchev–Trinajstić information content (AvgIpc) is 3.34. The van der Waals surface area contributed by atoms with E-state index in [2.05, 4.69) is 36.0 Å². The summed E-state index contributed by atoms with van der Waals surface area (Å²) >= 11 is 0. The van der Waals surface area contributed by atoms with Crippen LogP contribution in [0.3, 0.4) is 0 Å². The Balaban J connectivity index is 1.22. The minimum atomic E-state index is -4.77. The van der Waals surface area contributed by atoms with E-state index in [9.17, 15) is 18.0 Å². The highest BCUT2D eigenvalue weighted by Crippen LogP contribution is 2.35. The molecule has 1 fully saturated rings. The fraction of sp³-hybridized carbons (Fsp3) is 0.280. The van der Waals surface area contributed by atoms with Crippen LogP contribution in [0.25, 0.3) is 11.6 Å². The van der Waals surface area contributed by atoms with Gasteiger partial charge in [0.2, 0.25) is 5.88 Å². The number of nitrogens with zero attached hydrogens (tertiary/aromatic N) is 5. The summed E-state index contributed by atoms with van der Waals surface area (Å²) in [5.41, 5.74) is 4.39. The zero-order valence-corrected chi connectivity index (χ0v) is 19.8. The lowest BCUT2D eigenvalue weighted by atomic mass is 10.1. The summed E-state index contributed by atoms with van der Waals surface area (Å²) in [7, 11) is 1.58. The first-order valence-electron chi connectivity index (χ1n) is 11.5. The Kier molecular flexibility index (Phi) is 6.55. The smallest absolute Gasteiger partial charge is 0.481 e. The van der Waals surface area contributed by atoms with Gasteiger partial charge in [0.1, 0.15) is 17.9 Å². The second kappa shape index (κ2) is 9.96. The molecule has 2 amide bonds. The van der Waals surface area contributed by atoms with Crippen LogP contribution in [-0.2, 0) is 6.42 Å². The molecule has 12 heteroatoms. The van der Waals surface area contributed by atoms with Crippen LogP contribution in [0.1, 0.15) is 16.8 Å². The van der Waals surface area contributed by atoms with Crippen molar-refractivity contribution in [3.63, 3.8) is 0 Å². The van der Waals surface area contributed by atoms with Crippen LogP contribution >= 0.6 is 0 Å². The maximum absolute atomic E-state index is 12.7. The summed E-state index contributed by atoms with van der Waals surface area (Å²) in [5, 5.41) is 2.71. The first kappa shape index (κ1) is 24.3. The molecule has 0 bridgehead atoms. The van der Waals surface area contributed by atoms with Crippen molar-refractivity contribution < 1.29 is 27.4 Å². The highest BCUT2D eigenvalue weighted by Gasteiger charge is 2.31. The number of nitrogens with one attached hydrogen (secondary N) is 1. The Morgan fingerprint density at radius 2 is 1.78 bits per heavy atom. The van der Waals surface area contributed by atoms with Crippen molar-refractivity contribution in [2.45, 2.75) is 12.8 Å². The van der Waals surface area contributed by atoms with Gasteiger partial charge < -0.3 is 24.6 Å². The van der Waals surface area contributed by atoms with E-state index in [-0.39, 0.29) is 11.8 Å². The topological polar surface area (TPSA) is 92.7 Å². The Morgan fingerprint density at radius 3 is 2.49 bits per heavy atom. The van der Waals surface area contributed by atoms with Crippen molar-refractivity contribution in [1.82, 2.24) is 19.9 Å². The van der Waals surface area contributed by atoms with E-state index in [0.717, 1.165) is 40.3 Å². The van der Waals surface area contributed by atoms with E-state index in [0.29, 0.717) is 44.2 Å². The normalized spacial score (nSPS) is 15.2. The van der Waals surface area contributed by atoms with Crippen molar-refractivity contribution in [3.05, 3.63) is 65.7 Å². The van der Waals surface area contributed by atoms with Crippen molar-refractivity contribution in [2.24, 2.45) is 0 Å². The lowest BCUT2D eigenvalue weighted by Crippen LogP contribution is -2.50. The third kappa shape index (κ3) is 5.57. The van der Waals surface area contributed by atoms with Gasteiger partial charge in [-0.2, -0.15) is 0 Å². The maximum Gasteiger partial charge on any atom is 0.573 e. The first-order chi connectivity index (χ1) is 17.8. The van der Waals surface area contributed by atoms with Crippen LogP contribution in [0.15, 0.2) is 48.9 Å². The van der Waals surface area contributed by atoms with Gasteiger partial charge in [-0.15, -0.1) is 13.2 Å². The number of urea groups is 1. The Hall–Kier alpha value is -4.35. The molecule has 1 saturated heterocycles. The van der Waals surface area contributed by atoms with E-state index in [1.807, 2.05) is 12.1 Å². The molecule has 1 aliphatic carbocycles. The number of anilines is 2. The monoisotopic (exact) mass is 512 g/mol. The number of ether oxygens (including phenoxy) is 2. The molecule has 0 spiro atoms. The number of alkyl halides is 3. The number of pyridine rings is 1. The number of methoxy groups -OCH3 is 1. The van der Waals surface area contributed by atoms with Crippen LogP contribution in [-0.4, -0.2) is 65.5 Å². The van der Waals surface area contributed by atoms with Crippen LogP contribution in [0.5, 0.6) is 11.6 Å². The van der Waals surface area contributed by atoms with Crippen LogP contribution in [0, 0.1) is 0 Å². The van der Waals surface area contributed by atoms with E-state index in [1.165, 1.54) is 12.1 Å². The van der Waals surface area contributed by atoms with Gasteiger partial charge in [0.25, 0.3) is 0 Å². The number of hydrogen-bond acceptors (Lipinski definition) is 7. The molecule has 0 saturated carbocycles. The third-order valence-electron chi connectivity index (χ3n) is 6.14. The van der Waals surface area contributed by atoms with E-state index < -0.39 is 6.36 Å². The number of rotatable bonds is 5. The lowest BCUT2D eigenvalue weighted by molar-refractivity contribution is -0.274. The predicted octanol–water partition coefficient (Wildman–Crippen LogP) is 4.23. The van der Waals surface area contributed by atoms with Gasteiger partial charge in [0.05, 0.1) is 12.8 Å². The number of carbonyl (C=O) groups excluding carboxylic acids is 1. The molecular weight excluding hydrogens is 489 g/mol. The Bertz CT molecular complexity index is 1320. The summed E-state index contributed by atoms with van der Waals surface area (Å²) in [4.78, 5) is 29.6. The quantitative estimate of drug-likeness (QED) is 0.547. The molecule has 3 heterocycles. The molecule has 2 aliphatic rings. The second-order valence-corrected chi connectivity index (χ2v) is 8.47. The van der Waals surface area contributed by atoms with Crippen LogP contribution in [0.2, 0.25) is 0 Å². The fourth-order valence-corrected chi connectivity index (χ4v) is 4.34. The number of allylic oxidation sites excluding steroid dienone is 1. The van der Waals surface area contributed by atoms with E-state index >= 15 is 0 Å². The molecule has 192 valence electrons. The SMILES string of the molecule is COc1cc(C2=Cc3c(ncnc3N3CCN(C(=O)Nc4ccc(OC(F)(F)F)cc4)CC3)C2)ccn1. The molecule has 2 aromatic heterocycles. The molecule has 9 nitrogen and oxygen atoms in total. The van der Waals surface area contributed by atoms with Gasteiger partial charge in [-0.25, -0.2) is 19.7 Å². The van der Waals surface area contributed by atoms with Gasteiger partial charge in [0.15, 0.2) is 0 Å². The van der Waals surface area contributed by atoms with Crippen LogP contribution in [0.4, 0.5) is 29.5 Å². The van der Waals surface area contributed by atoms with Crippen molar-refractivity contribution in [3.8, 4) is 11.6 Å². The molecule has 0 radical (unpaired) electrons. The summed E-state index contributed by atoms with van der Waals surface area (Å²) in [6, 6.07) is 8.52. The summed E-state index contributed by atoms with van der Waals surface area (Å²) in [6.45, 7) is 2.05. The highest BCUT2D eigenvalue weighted by molar-refractivity contribution is 5.91. The molecule has 3 aromatic rings. The minimum Gasteiger partial charge on any atom is -0.481 e. The number of halogens is 3. The molecule has 5 rings (SSSR count). The standard InChI is InChI=1S/C25H23F3N6O3/c1-36-22-14-16(6-7-29-22)17-12-20-21(13-17)30-15-31-23(20)33-8-10-34(11-9-33)24(35)32-18-2-4-19(5-3-18)37-25(26,27)28/h2-7,12,14-15H,8-11,13H2,1H3,(H,32,35). The average molecular weight is 512 g/mol. The number of piperazine rings is 1. The van der Waals surface area contributed by atoms with Gasteiger partial charge in [-0.1, -0.05) is 0 Å². The summed E-state index contributed by atoms with van der Waals surface area (Å²) in [5.74, 6) is 1.01. The van der Waals surface area contributed by atoms with Crippen LogP contribution < -0.4 is 19.7 Å². The zero-order valence-electron chi connectivity index (χ0n) is 19.8. The van der Waals surface area contributed by atoms with Crippen molar-refractivity contribution >= 4 is 29.2 Å². The maximum atomic E-state index is 12.7.